The molecule has 1 unspecified atom stereocenters. The molecule has 0 aromatic heterocycles. The maximum atomic E-state index is 12.3. The molecule has 0 spiro atoms. The largest absolute Gasteiger partial charge is 0.495 e. The monoisotopic (exact) mass is 361 g/mol. The van der Waals surface area contributed by atoms with Crippen molar-refractivity contribution >= 4 is 35.6 Å². The summed E-state index contributed by atoms with van der Waals surface area (Å²) in [7, 11) is 3.54. The number of piperidine rings is 1. The van der Waals surface area contributed by atoms with Crippen molar-refractivity contribution in [3.8, 4) is 5.75 Å². The molecule has 1 aliphatic heterocycles. The third-order valence-corrected chi connectivity index (χ3v) is 4.13. The Labute approximate surface area is 149 Å². The van der Waals surface area contributed by atoms with Crippen LogP contribution in [0.25, 0.3) is 0 Å². The first kappa shape index (κ1) is 20.0. The Morgan fingerprint density at radius 3 is 2.96 bits per heavy atom. The minimum absolute atomic E-state index is 0. The summed E-state index contributed by atoms with van der Waals surface area (Å²) in [5, 5.41) is 6.68. The Balaban J connectivity index is 0.00000264. The molecule has 5 nitrogen and oxygen atoms in total. The number of rotatable bonds is 6. The van der Waals surface area contributed by atoms with E-state index in [1.165, 1.54) is 6.42 Å². The van der Waals surface area contributed by atoms with Gasteiger partial charge in [0, 0.05) is 11.6 Å². The maximum absolute atomic E-state index is 12.3. The highest BCUT2D eigenvalue weighted by molar-refractivity contribution is 6.31. The summed E-state index contributed by atoms with van der Waals surface area (Å²) in [5.74, 6) is 1.20. The molecule has 1 saturated heterocycles. The Hall–Kier alpha value is -1.01. The molecule has 23 heavy (non-hydrogen) atoms. The van der Waals surface area contributed by atoms with Gasteiger partial charge in [-0.15, -0.1) is 12.4 Å². The molecular weight excluding hydrogens is 337 g/mol. The third-order valence-electron chi connectivity index (χ3n) is 3.90. The number of hydrogen-bond donors (Lipinski definition) is 2. The number of carbonyl (C=O) groups excluding carboxylic acids is 1. The van der Waals surface area contributed by atoms with Gasteiger partial charge >= 0.3 is 0 Å². The first-order valence-electron chi connectivity index (χ1n) is 7.62. The van der Waals surface area contributed by atoms with E-state index >= 15 is 0 Å². The maximum Gasteiger partial charge on any atom is 0.238 e. The SMILES string of the molecule is CNCC1CCCN(CC(=O)Nc2cc(Cl)ccc2OC)C1.Cl. The fourth-order valence-electron chi connectivity index (χ4n) is 2.92. The van der Waals surface area contributed by atoms with E-state index in [0.29, 0.717) is 28.9 Å². The molecule has 1 heterocycles. The lowest BCUT2D eigenvalue weighted by Gasteiger charge is -2.32. The minimum atomic E-state index is -0.0364. The highest BCUT2D eigenvalue weighted by atomic mass is 35.5. The van der Waals surface area contributed by atoms with Gasteiger partial charge < -0.3 is 15.4 Å². The molecule has 1 fully saturated rings. The van der Waals surface area contributed by atoms with Gasteiger partial charge in [-0.05, 0) is 57.1 Å². The van der Waals surface area contributed by atoms with Crippen LogP contribution >= 0.6 is 24.0 Å². The fourth-order valence-corrected chi connectivity index (χ4v) is 3.09. The van der Waals surface area contributed by atoms with Crippen LogP contribution in [-0.4, -0.2) is 51.1 Å². The summed E-state index contributed by atoms with van der Waals surface area (Å²) in [5.41, 5.74) is 0.615. The number of hydrogen-bond acceptors (Lipinski definition) is 4. The smallest absolute Gasteiger partial charge is 0.238 e. The van der Waals surface area contributed by atoms with Crippen LogP contribution in [0.3, 0.4) is 0 Å². The number of nitrogens with one attached hydrogen (secondary N) is 2. The lowest BCUT2D eigenvalue weighted by molar-refractivity contribution is -0.117. The minimum Gasteiger partial charge on any atom is -0.495 e. The molecule has 0 saturated carbocycles. The summed E-state index contributed by atoms with van der Waals surface area (Å²) < 4.78 is 5.24. The number of benzene rings is 1. The zero-order valence-electron chi connectivity index (χ0n) is 13.6. The second kappa shape index (κ2) is 9.98. The van der Waals surface area contributed by atoms with Gasteiger partial charge in [0.05, 0.1) is 19.3 Å². The van der Waals surface area contributed by atoms with Crippen LogP contribution < -0.4 is 15.4 Å². The molecule has 2 rings (SSSR count). The van der Waals surface area contributed by atoms with Crippen LogP contribution in [0.1, 0.15) is 12.8 Å². The van der Waals surface area contributed by atoms with Gasteiger partial charge in [0.2, 0.25) is 5.91 Å². The van der Waals surface area contributed by atoms with Crippen molar-refractivity contribution in [1.82, 2.24) is 10.2 Å². The van der Waals surface area contributed by atoms with Gasteiger partial charge in [-0.25, -0.2) is 0 Å². The van der Waals surface area contributed by atoms with Gasteiger partial charge in [-0.3, -0.25) is 9.69 Å². The Morgan fingerprint density at radius 2 is 2.26 bits per heavy atom. The highest BCUT2D eigenvalue weighted by Crippen LogP contribution is 2.27. The third kappa shape index (κ3) is 6.18. The average molecular weight is 362 g/mol. The van der Waals surface area contributed by atoms with E-state index in [2.05, 4.69) is 15.5 Å². The molecule has 130 valence electrons. The lowest BCUT2D eigenvalue weighted by atomic mass is 9.98. The first-order chi connectivity index (χ1) is 10.6. The molecular formula is C16H25Cl2N3O2. The second-order valence-corrected chi connectivity index (χ2v) is 6.13. The fraction of sp³-hybridized carbons (Fsp3) is 0.562. The lowest BCUT2D eigenvalue weighted by Crippen LogP contribution is -2.42. The summed E-state index contributed by atoms with van der Waals surface area (Å²) in [4.78, 5) is 14.5. The average Bonchev–Trinajstić information content (AvgIpc) is 2.48. The molecule has 1 aliphatic rings. The van der Waals surface area contributed by atoms with Crippen LogP contribution in [0.5, 0.6) is 5.75 Å². The Morgan fingerprint density at radius 1 is 1.48 bits per heavy atom. The van der Waals surface area contributed by atoms with Gasteiger partial charge in [-0.2, -0.15) is 0 Å². The zero-order chi connectivity index (χ0) is 15.9. The number of carbonyl (C=O) groups is 1. The van der Waals surface area contributed by atoms with Crippen molar-refractivity contribution in [2.24, 2.45) is 5.92 Å². The highest BCUT2D eigenvalue weighted by Gasteiger charge is 2.21. The van der Waals surface area contributed by atoms with Crippen molar-refractivity contribution in [2.75, 3.05) is 45.7 Å². The van der Waals surface area contributed by atoms with E-state index in [1.807, 2.05) is 7.05 Å². The number of halogens is 2. The number of amides is 1. The molecule has 2 N–H and O–H groups in total. The predicted molar refractivity (Wildman–Crippen MR) is 97.0 cm³/mol. The van der Waals surface area contributed by atoms with Crippen molar-refractivity contribution < 1.29 is 9.53 Å². The van der Waals surface area contributed by atoms with E-state index in [-0.39, 0.29) is 18.3 Å². The molecule has 0 bridgehead atoms. The van der Waals surface area contributed by atoms with Crippen LogP contribution in [0.15, 0.2) is 18.2 Å². The summed E-state index contributed by atoms with van der Waals surface area (Å²) in [6.45, 7) is 3.33. The molecule has 0 aliphatic carbocycles. The topological polar surface area (TPSA) is 53.6 Å². The molecule has 1 atom stereocenters. The van der Waals surface area contributed by atoms with Crippen LogP contribution in [0.2, 0.25) is 5.02 Å². The zero-order valence-corrected chi connectivity index (χ0v) is 15.2. The summed E-state index contributed by atoms with van der Waals surface area (Å²) in [6, 6.07) is 5.20. The predicted octanol–water partition coefficient (Wildman–Crippen LogP) is 2.64. The summed E-state index contributed by atoms with van der Waals surface area (Å²) >= 11 is 5.98. The van der Waals surface area contributed by atoms with Crippen LogP contribution in [0, 0.1) is 5.92 Å². The second-order valence-electron chi connectivity index (χ2n) is 5.69. The number of methoxy groups -OCH3 is 1. The van der Waals surface area contributed by atoms with Crippen molar-refractivity contribution in [1.29, 1.82) is 0 Å². The van der Waals surface area contributed by atoms with E-state index < -0.39 is 0 Å². The van der Waals surface area contributed by atoms with Gasteiger partial charge in [0.25, 0.3) is 0 Å². The van der Waals surface area contributed by atoms with Gasteiger partial charge in [-0.1, -0.05) is 11.6 Å². The number of nitrogens with zero attached hydrogens (tertiary/aromatic N) is 1. The van der Waals surface area contributed by atoms with Crippen LogP contribution in [-0.2, 0) is 4.79 Å². The molecule has 1 aromatic rings. The Bertz CT molecular complexity index is 512. The summed E-state index contributed by atoms with van der Waals surface area (Å²) in [6.07, 6.45) is 2.36. The van der Waals surface area contributed by atoms with Crippen molar-refractivity contribution in [3.63, 3.8) is 0 Å². The van der Waals surface area contributed by atoms with Crippen molar-refractivity contribution in [3.05, 3.63) is 23.2 Å². The molecule has 0 radical (unpaired) electrons. The first-order valence-corrected chi connectivity index (χ1v) is 8.00. The quantitative estimate of drug-likeness (QED) is 0.817. The standard InChI is InChI=1S/C16H24ClN3O2.ClH/c1-18-9-12-4-3-7-20(10-12)11-16(21)19-14-8-13(17)5-6-15(14)22-2;/h5-6,8,12,18H,3-4,7,9-11H2,1-2H3,(H,19,21);1H. The van der Waals surface area contributed by atoms with Gasteiger partial charge in [0.1, 0.15) is 5.75 Å². The van der Waals surface area contributed by atoms with E-state index in [4.69, 9.17) is 16.3 Å². The number of likely N-dealkylation sites (tertiary alicyclic amines) is 1. The van der Waals surface area contributed by atoms with E-state index in [0.717, 1.165) is 26.1 Å². The number of anilines is 1. The molecule has 1 amide bonds. The van der Waals surface area contributed by atoms with E-state index in [1.54, 1.807) is 25.3 Å². The van der Waals surface area contributed by atoms with Gasteiger partial charge in [0.15, 0.2) is 0 Å². The molecule has 7 heteroatoms. The Kier molecular flexibility index (Phi) is 8.69. The van der Waals surface area contributed by atoms with E-state index in [9.17, 15) is 4.79 Å². The van der Waals surface area contributed by atoms with Crippen LogP contribution in [0.4, 0.5) is 5.69 Å². The number of ether oxygens (including phenoxy) is 1. The normalized spacial score (nSPS) is 18.1. The molecule has 1 aromatic carbocycles. The van der Waals surface area contributed by atoms with Crippen molar-refractivity contribution in [2.45, 2.75) is 12.8 Å².